The number of hydrogen-bond acceptors (Lipinski definition) is 3. The Morgan fingerprint density at radius 2 is 1.89 bits per heavy atom. The van der Waals surface area contributed by atoms with Crippen LogP contribution >= 0.6 is 0 Å². The molecule has 3 rings (SSSR count). The summed E-state index contributed by atoms with van der Waals surface area (Å²) in [6, 6.07) is -0.521. The molecule has 5 nitrogen and oxygen atoms in total. The van der Waals surface area contributed by atoms with E-state index in [9.17, 15) is 9.59 Å². The van der Waals surface area contributed by atoms with Gasteiger partial charge in [0, 0.05) is 13.7 Å². The van der Waals surface area contributed by atoms with Crippen molar-refractivity contribution in [1.82, 2.24) is 10.2 Å². The molecule has 1 saturated heterocycles. The average molecular weight is 252 g/mol. The Bertz CT molecular complexity index is 363. The van der Waals surface area contributed by atoms with Gasteiger partial charge in [0.25, 0.3) is 0 Å². The van der Waals surface area contributed by atoms with Gasteiger partial charge in [-0.15, -0.1) is 0 Å². The summed E-state index contributed by atoms with van der Waals surface area (Å²) >= 11 is 0. The molecule has 1 heterocycles. The average Bonchev–Trinajstić information content (AvgIpc) is 3.21. The molecule has 2 amide bonds. The SMILES string of the molecule is COCCN1C(=O)C(C2CC2)NC(=O)C1C1CC1. The van der Waals surface area contributed by atoms with Gasteiger partial charge in [0.05, 0.1) is 6.61 Å². The first kappa shape index (κ1) is 12.0. The maximum absolute atomic E-state index is 12.5. The minimum atomic E-state index is -0.274. The monoisotopic (exact) mass is 252 g/mol. The zero-order valence-electron chi connectivity index (χ0n) is 10.7. The molecular weight excluding hydrogens is 232 g/mol. The predicted octanol–water partition coefficient (Wildman–Crippen LogP) is 0.148. The molecule has 3 fully saturated rings. The summed E-state index contributed by atoms with van der Waals surface area (Å²) in [6.07, 6.45) is 4.23. The largest absolute Gasteiger partial charge is 0.383 e. The second-order valence-corrected chi connectivity index (χ2v) is 5.63. The van der Waals surface area contributed by atoms with Crippen molar-refractivity contribution in [2.75, 3.05) is 20.3 Å². The Kier molecular flexibility index (Phi) is 3.01. The highest BCUT2D eigenvalue weighted by Crippen LogP contribution is 2.40. The minimum Gasteiger partial charge on any atom is -0.383 e. The highest BCUT2D eigenvalue weighted by molar-refractivity contribution is 5.97. The summed E-state index contributed by atoms with van der Waals surface area (Å²) in [4.78, 5) is 26.4. The van der Waals surface area contributed by atoms with E-state index in [1.807, 2.05) is 0 Å². The fourth-order valence-corrected chi connectivity index (χ4v) is 2.83. The summed E-state index contributed by atoms with van der Waals surface area (Å²) < 4.78 is 5.06. The first-order chi connectivity index (χ1) is 8.72. The van der Waals surface area contributed by atoms with Crippen LogP contribution in [0.3, 0.4) is 0 Å². The number of hydrogen-bond donors (Lipinski definition) is 1. The van der Waals surface area contributed by atoms with Crippen LogP contribution in [0.4, 0.5) is 0 Å². The number of amides is 2. The first-order valence-electron chi connectivity index (χ1n) is 6.82. The normalized spacial score (nSPS) is 32.6. The van der Waals surface area contributed by atoms with Crippen LogP contribution in [0.1, 0.15) is 25.7 Å². The van der Waals surface area contributed by atoms with Crippen LogP contribution in [0.15, 0.2) is 0 Å². The van der Waals surface area contributed by atoms with Crippen molar-refractivity contribution in [3.05, 3.63) is 0 Å². The Hall–Kier alpha value is -1.10. The maximum Gasteiger partial charge on any atom is 0.246 e. The van der Waals surface area contributed by atoms with E-state index < -0.39 is 0 Å². The standard InChI is InChI=1S/C13H20N2O3/c1-18-7-6-15-11(9-4-5-9)12(16)14-10(13(15)17)8-2-3-8/h8-11H,2-7H2,1H3,(H,14,16). The second-order valence-electron chi connectivity index (χ2n) is 5.63. The van der Waals surface area contributed by atoms with E-state index in [4.69, 9.17) is 4.74 Å². The summed E-state index contributed by atoms with van der Waals surface area (Å²) in [7, 11) is 1.62. The summed E-state index contributed by atoms with van der Waals surface area (Å²) in [5, 5.41) is 2.93. The molecule has 0 radical (unpaired) electrons. The van der Waals surface area contributed by atoms with Gasteiger partial charge in [0.2, 0.25) is 11.8 Å². The summed E-state index contributed by atoms with van der Waals surface area (Å²) in [5.74, 6) is 0.883. The number of methoxy groups -OCH3 is 1. The third kappa shape index (κ3) is 2.11. The molecular formula is C13H20N2O3. The number of nitrogens with zero attached hydrogens (tertiary/aromatic N) is 1. The van der Waals surface area contributed by atoms with Crippen LogP contribution in [0.25, 0.3) is 0 Å². The van der Waals surface area contributed by atoms with Crippen LogP contribution in [0.5, 0.6) is 0 Å². The Morgan fingerprint density at radius 1 is 1.22 bits per heavy atom. The lowest BCUT2D eigenvalue weighted by molar-refractivity contribution is -0.151. The van der Waals surface area contributed by atoms with Crippen molar-refractivity contribution < 1.29 is 14.3 Å². The predicted molar refractivity (Wildman–Crippen MR) is 64.8 cm³/mol. The summed E-state index contributed by atoms with van der Waals surface area (Å²) in [5.41, 5.74) is 0. The number of carbonyl (C=O) groups is 2. The lowest BCUT2D eigenvalue weighted by atomic mass is 10.0. The van der Waals surface area contributed by atoms with Crippen molar-refractivity contribution in [2.24, 2.45) is 11.8 Å². The smallest absolute Gasteiger partial charge is 0.246 e. The van der Waals surface area contributed by atoms with Crippen molar-refractivity contribution in [2.45, 2.75) is 37.8 Å². The molecule has 1 N–H and O–H groups in total. The quantitative estimate of drug-likeness (QED) is 0.757. The van der Waals surface area contributed by atoms with Crippen molar-refractivity contribution in [1.29, 1.82) is 0 Å². The van der Waals surface area contributed by atoms with Gasteiger partial charge in [0.1, 0.15) is 12.1 Å². The lowest BCUT2D eigenvalue weighted by Crippen LogP contribution is -2.65. The van der Waals surface area contributed by atoms with E-state index in [-0.39, 0.29) is 23.9 Å². The zero-order chi connectivity index (χ0) is 12.7. The fourth-order valence-electron chi connectivity index (χ4n) is 2.83. The molecule has 0 aromatic carbocycles. The number of ether oxygens (including phenoxy) is 1. The molecule has 0 bridgehead atoms. The summed E-state index contributed by atoms with van der Waals surface area (Å²) in [6.45, 7) is 1.03. The highest BCUT2D eigenvalue weighted by Gasteiger charge is 2.50. The number of carbonyl (C=O) groups excluding carboxylic acids is 2. The van der Waals surface area contributed by atoms with Gasteiger partial charge in [-0.05, 0) is 37.5 Å². The fraction of sp³-hybridized carbons (Fsp3) is 0.846. The molecule has 2 atom stereocenters. The molecule has 1 aliphatic heterocycles. The minimum absolute atomic E-state index is 0.0464. The van der Waals surface area contributed by atoms with Crippen LogP contribution < -0.4 is 5.32 Å². The maximum atomic E-state index is 12.5. The van der Waals surface area contributed by atoms with Gasteiger partial charge >= 0.3 is 0 Å². The van der Waals surface area contributed by atoms with E-state index in [0.29, 0.717) is 25.0 Å². The van der Waals surface area contributed by atoms with E-state index in [1.54, 1.807) is 12.0 Å². The third-order valence-electron chi connectivity index (χ3n) is 4.15. The van der Waals surface area contributed by atoms with Gasteiger partial charge in [-0.25, -0.2) is 0 Å². The van der Waals surface area contributed by atoms with Crippen molar-refractivity contribution >= 4 is 11.8 Å². The Balaban J connectivity index is 1.76. The van der Waals surface area contributed by atoms with Crippen LogP contribution in [-0.2, 0) is 14.3 Å². The van der Waals surface area contributed by atoms with Crippen molar-refractivity contribution in [3.63, 3.8) is 0 Å². The topological polar surface area (TPSA) is 58.6 Å². The Labute approximate surface area is 107 Å². The molecule has 0 aromatic rings. The van der Waals surface area contributed by atoms with Gasteiger partial charge in [-0.2, -0.15) is 0 Å². The van der Waals surface area contributed by atoms with E-state index in [2.05, 4.69) is 5.32 Å². The van der Waals surface area contributed by atoms with Gasteiger partial charge < -0.3 is 15.0 Å². The Morgan fingerprint density at radius 3 is 2.44 bits per heavy atom. The van der Waals surface area contributed by atoms with Crippen LogP contribution in [0, 0.1) is 11.8 Å². The van der Waals surface area contributed by atoms with Gasteiger partial charge in [-0.1, -0.05) is 0 Å². The van der Waals surface area contributed by atoms with Gasteiger partial charge in [-0.3, -0.25) is 9.59 Å². The molecule has 100 valence electrons. The number of piperazine rings is 1. The molecule has 18 heavy (non-hydrogen) atoms. The zero-order valence-corrected chi connectivity index (χ0v) is 10.7. The van der Waals surface area contributed by atoms with E-state index in [0.717, 1.165) is 25.7 Å². The second kappa shape index (κ2) is 4.53. The molecule has 5 heteroatoms. The number of rotatable bonds is 5. The lowest BCUT2D eigenvalue weighted by Gasteiger charge is -2.39. The van der Waals surface area contributed by atoms with Gasteiger partial charge in [0.15, 0.2) is 0 Å². The molecule has 2 unspecified atom stereocenters. The molecule has 0 aromatic heterocycles. The molecule has 3 aliphatic rings. The number of nitrogens with one attached hydrogen (secondary N) is 1. The van der Waals surface area contributed by atoms with Crippen molar-refractivity contribution in [3.8, 4) is 0 Å². The van der Waals surface area contributed by atoms with Crippen LogP contribution in [0.2, 0.25) is 0 Å². The highest BCUT2D eigenvalue weighted by atomic mass is 16.5. The van der Waals surface area contributed by atoms with E-state index >= 15 is 0 Å². The third-order valence-corrected chi connectivity index (χ3v) is 4.15. The van der Waals surface area contributed by atoms with E-state index in [1.165, 1.54) is 0 Å². The first-order valence-corrected chi connectivity index (χ1v) is 6.82. The molecule has 0 spiro atoms. The van der Waals surface area contributed by atoms with Crippen LogP contribution in [-0.4, -0.2) is 49.1 Å². The molecule has 2 aliphatic carbocycles. The molecule has 2 saturated carbocycles.